The Balaban J connectivity index is 0.00000392. The van der Waals surface area contributed by atoms with Crippen LogP contribution in [-0.2, 0) is 13.1 Å². The minimum absolute atomic E-state index is 0. The zero-order valence-corrected chi connectivity index (χ0v) is 20.0. The number of nitrogens with one attached hydrogen (secondary N) is 1. The zero-order chi connectivity index (χ0) is 19.8. The molecule has 1 aromatic heterocycles. The van der Waals surface area contributed by atoms with Crippen molar-refractivity contribution in [3.05, 3.63) is 41.2 Å². The Hall–Kier alpha value is -1.97. The summed E-state index contributed by atoms with van der Waals surface area (Å²) in [4.78, 5) is 6.46. The maximum absolute atomic E-state index is 5.49. The zero-order valence-electron chi connectivity index (χ0n) is 17.7. The Morgan fingerprint density at radius 2 is 1.96 bits per heavy atom. The molecule has 0 unspecified atom stereocenters. The molecule has 0 aliphatic rings. The largest absolute Gasteiger partial charge is 0.497 e. The Bertz CT molecular complexity index is 776. The second-order valence-electron chi connectivity index (χ2n) is 6.51. The fourth-order valence-electron chi connectivity index (χ4n) is 3.03. The molecule has 28 heavy (non-hydrogen) atoms. The average molecular weight is 501 g/mol. The highest BCUT2D eigenvalue weighted by atomic mass is 127. The van der Waals surface area contributed by atoms with E-state index < -0.39 is 0 Å². The van der Waals surface area contributed by atoms with Gasteiger partial charge in [0, 0.05) is 51.1 Å². The van der Waals surface area contributed by atoms with Crippen molar-refractivity contribution in [3.8, 4) is 11.5 Å². The molecule has 0 spiro atoms. The molecule has 0 saturated heterocycles. The summed E-state index contributed by atoms with van der Waals surface area (Å²) in [6, 6.07) is 7.96. The number of methoxy groups -OCH3 is 2. The first-order valence-electron chi connectivity index (χ1n) is 9.12. The number of hydrogen-bond donors (Lipinski definition) is 1. The van der Waals surface area contributed by atoms with Gasteiger partial charge in [-0.05, 0) is 38.5 Å². The molecule has 1 aromatic carbocycles. The van der Waals surface area contributed by atoms with Gasteiger partial charge in [-0.15, -0.1) is 24.0 Å². The number of aryl methyl sites for hydroxylation is 3. The van der Waals surface area contributed by atoms with Crippen LogP contribution in [0.25, 0.3) is 0 Å². The number of hydrogen-bond acceptors (Lipinski definition) is 4. The fourth-order valence-corrected chi connectivity index (χ4v) is 3.03. The molecule has 0 fully saturated rings. The van der Waals surface area contributed by atoms with E-state index in [-0.39, 0.29) is 24.0 Å². The van der Waals surface area contributed by atoms with Crippen molar-refractivity contribution >= 4 is 29.9 Å². The van der Waals surface area contributed by atoms with Gasteiger partial charge in [0.25, 0.3) is 0 Å². The van der Waals surface area contributed by atoms with Crippen molar-refractivity contribution in [2.75, 3.05) is 34.9 Å². The topological polar surface area (TPSA) is 63.9 Å². The van der Waals surface area contributed by atoms with Crippen LogP contribution in [0.3, 0.4) is 0 Å². The molecule has 2 aromatic rings. The first-order valence-corrected chi connectivity index (χ1v) is 9.12. The van der Waals surface area contributed by atoms with E-state index >= 15 is 0 Å². The van der Waals surface area contributed by atoms with Crippen LogP contribution in [0.2, 0.25) is 0 Å². The van der Waals surface area contributed by atoms with E-state index in [1.165, 1.54) is 5.69 Å². The normalized spacial score (nSPS) is 11.0. The number of aromatic nitrogens is 2. The van der Waals surface area contributed by atoms with Crippen molar-refractivity contribution in [2.45, 2.75) is 33.4 Å². The fraction of sp³-hybridized carbons (Fsp3) is 0.500. The first kappa shape index (κ1) is 24.1. The third kappa shape index (κ3) is 6.57. The van der Waals surface area contributed by atoms with Gasteiger partial charge in [-0.3, -0.25) is 9.67 Å². The van der Waals surface area contributed by atoms with E-state index in [0.717, 1.165) is 48.2 Å². The van der Waals surface area contributed by atoms with Gasteiger partial charge in [0.15, 0.2) is 5.96 Å². The molecular weight excluding hydrogens is 469 g/mol. The summed E-state index contributed by atoms with van der Waals surface area (Å²) in [5.41, 5.74) is 3.33. The lowest BCUT2D eigenvalue weighted by atomic mass is 10.2. The van der Waals surface area contributed by atoms with Crippen LogP contribution in [-0.4, -0.2) is 55.5 Å². The summed E-state index contributed by atoms with van der Waals surface area (Å²) in [6.45, 7) is 6.51. The first-order chi connectivity index (χ1) is 13.0. The predicted molar refractivity (Wildman–Crippen MR) is 124 cm³/mol. The lowest BCUT2D eigenvalue weighted by Crippen LogP contribution is -2.39. The van der Waals surface area contributed by atoms with Gasteiger partial charge in [0.05, 0.1) is 19.9 Å². The number of rotatable bonds is 8. The Labute approximate surface area is 185 Å². The van der Waals surface area contributed by atoms with Crippen molar-refractivity contribution < 1.29 is 9.47 Å². The van der Waals surface area contributed by atoms with Crippen LogP contribution in [0, 0.1) is 13.8 Å². The van der Waals surface area contributed by atoms with E-state index in [1.807, 2.05) is 36.9 Å². The molecule has 7 nitrogen and oxygen atoms in total. The van der Waals surface area contributed by atoms with Crippen LogP contribution < -0.4 is 14.8 Å². The Morgan fingerprint density at radius 1 is 1.21 bits per heavy atom. The highest BCUT2D eigenvalue weighted by molar-refractivity contribution is 14.0. The standard InChI is InChI=1S/C20H31N5O2.HI/c1-15-12-16(2)25(23-15)11-7-10-22-20(21-3)24(4)14-17-8-9-18(26-5)13-19(17)27-6;/h8-9,12-13H,7,10-11,14H2,1-6H3,(H,21,22);1H. The molecule has 0 aliphatic heterocycles. The lowest BCUT2D eigenvalue weighted by molar-refractivity contribution is 0.382. The smallest absolute Gasteiger partial charge is 0.193 e. The second-order valence-corrected chi connectivity index (χ2v) is 6.51. The molecule has 156 valence electrons. The molecule has 0 radical (unpaired) electrons. The van der Waals surface area contributed by atoms with E-state index in [4.69, 9.17) is 9.47 Å². The van der Waals surface area contributed by atoms with Crippen LogP contribution in [0.4, 0.5) is 0 Å². The van der Waals surface area contributed by atoms with Gasteiger partial charge in [-0.1, -0.05) is 0 Å². The second kappa shape index (κ2) is 11.8. The molecule has 0 aliphatic carbocycles. The van der Waals surface area contributed by atoms with Crippen molar-refractivity contribution in [1.29, 1.82) is 0 Å². The number of halogens is 1. The maximum atomic E-state index is 5.49. The van der Waals surface area contributed by atoms with Crippen molar-refractivity contribution in [1.82, 2.24) is 20.0 Å². The molecule has 2 rings (SSSR count). The third-order valence-corrected chi connectivity index (χ3v) is 4.41. The van der Waals surface area contributed by atoms with Crippen LogP contribution >= 0.6 is 24.0 Å². The van der Waals surface area contributed by atoms with Crippen molar-refractivity contribution in [3.63, 3.8) is 0 Å². The third-order valence-electron chi connectivity index (χ3n) is 4.41. The molecule has 0 saturated carbocycles. The monoisotopic (exact) mass is 501 g/mol. The van der Waals surface area contributed by atoms with Gasteiger partial charge in [0.1, 0.15) is 11.5 Å². The molecule has 8 heteroatoms. The number of nitrogens with zero attached hydrogens (tertiary/aromatic N) is 4. The van der Waals surface area contributed by atoms with E-state index in [2.05, 4.69) is 33.3 Å². The molecule has 0 atom stereocenters. The summed E-state index contributed by atoms with van der Waals surface area (Å²) < 4.78 is 12.8. The van der Waals surface area contributed by atoms with E-state index in [1.54, 1.807) is 21.3 Å². The predicted octanol–water partition coefficient (Wildman–Crippen LogP) is 3.23. The summed E-state index contributed by atoms with van der Waals surface area (Å²) in [6.07, 6.45) is 0.973. The number of benzene rings is 1. The summed E-state index contributed by atoms with van der Waals surface area (Å²) in [5, 5.41) is 7.91. The number of guanidine groups is 1. The summed E-state index contributed by atoms with van der Waals surface area (Å²) in [7, 11) is 7.13. The molecule has 1 heterocycles. The minimum Gasteiger partial charge on any atom is -0.497 e. The summed E-state index contributed by atoms with van der Waals surface area (Å²) >= 11 is 0. The van der Waals surface area contributed by atoms with Gasteiger partial charge in [-0.2, -0.15) is 5.10 Å². The molecule has 0 amide bonds. The Morgan fingerprint density at radius 3 is 2.54 bits per heavy atom. The average Bonchev–Trinajstić information content (AvgIpc) is 2.99. The highest BCUT2D eigenvalue weighted by Gasteiger charge is 2.11. The van der Waals surface area contributed by atoms with Crippen LogP contribution in [0.15, 0.2) is 29.3 Å². The molecule has 1 N–H and O–H groups in total. The maximum Gasteiger partial charge on any atom is 0.193 e. The van der Waals surface area contributed by atoms with Gasteiger partial charge in [-0.25, -0.2) is 0 Å². The van der Waals surface area contributed by atoms with Gasteiger partial charge >= 0.3 is 0 Å². The van der Waals surface area contributed by atoms with Gasteiger partial charge < -0.3 is 19.7 Å². The number of aliphatic imine (C=N–C) groups is 1. The van der Waals surface area contributed by atoms with Gasteiger partial charge in [0.2, 0.25) is 0 Å². The highest BCUT2D eigenvalue weighted by Crippen LogP contribution is 2.25. The summed E-state index contributed by atoms with van der Waals surface area (Å²) in [5.74, 6) is 2.44. The number of ether oxygens (including phenoxy) is 2. The van der Waals surface area contributed by atoms with Crippen LogP contribution in [0.1, 0.15) is 23.4 Å². The van der Waals surface area contributed by atoms with E-state index in [9.17, 15) is 0 Å². The van der Waals surface area contributed by atoms with Crippen molar-refractivity contribution in [2.24, 2.45) is 4.99 Å². The Kier molecular flexibility index (Phi) is 10.1. The lowest BCUT2D eigenvalue weighted by Gasteiger charge is -2.23. The van der Waals surface area contributed by atoms with E-state index in [0.29, 0.717) is 6.54 Å². The van der Waals surface area contributed by atoms with Crippen LogP contribution in [0.5, 0.6) is 11.5 Å². The quantitative estimate of drug-likeness (QED) is 0.261. The SMILES string of the molecule is CN=C(NCCCn1nc(C)cc1C)N(C)Cc1ccc(OC)cc1OC.I. The molecular formula is C20H32IN5O2. The molecule has 0 bridgehead atoms. The minimum atomic E-state index is 0.